The third-order valence-electron chi connectivity index (χ3n) is 6.27. The quantitative estimate of drug-likeness (QED) is 0.397. The first-order valence-electron chi connectivity index (χ1n) is 12.3. The van der Waals surface area contributed by atoms with Crippen LogP contribution in [0.25, 0.3) is 11.4 Å². The molecule has 0 radical (unpaired) electrons. The first kappa shape index (κ1) is 25.5. The number of nitrogens with zero attached hydrogens (tertiary/aromatic N) is 6. The molecule has 0 spiro atoms. The van der Waals surface area contributed by atoms with Crippen molar-refractivity contribution in [1.82, 2.24) is 30.1 Å². The van der Waals surface area contributed by atoms with Gasteiger partial charge >= 0.3 is 5.97 Å². The Morgan fingerprint density at radius 1 is 1.33 bits per heavy atom. The summed E-state index contributed by atoms with van der Waals surface area (Å²) in [6.07, 6.45) is 3.40. The number of ether oxygens (including phenoxy) is 2. The van der Waals surface area contributed by atoms with E-state index in [0.29, 0.717) is 60.7 Å². The lowest BCUT2D eigenvalue weighted by Crippen LogP contribution is -2.29. The van der Waals surface area contributed by atoms with Crippen LogP contribution in [0.3, 0.4) is 0 Å². The summed E-state index contributed by atoms with van der Waals surface area (Å²) in [6.45, 7) is 6.76. The normalized spacial score (nSPS) is 18.7. The molecule has 3 atom stereocenters. The standard InChI is InChI=1S/C24H33N7O5/c1-5-11-34-15(3)22-27-24(29-36-22)25-13-19-21(28-30-31(19)4)18-9-10-20(14(2)26-18)35-17-8-6-7-16(12-17)23(32)33/h9-10,15-17H,5-8,11-13H2,1-4H3,(H,25,29)(H,32,33)/t15-,16+,17+/m1/s1. The van der Waals surface area contributed by atoms with E-state index >= 15 is 0 Å². The lowest BCUT2D eigenvalue weighted by molar-refractivity contribution is -0.143. The average molecular weight is 500 g/mol. The molecule has 194 valence electrons. The fraction of sp³-hybridized carbons (Fsp3) is 0.583. The van der Waals surface area contributed by atoms with Crippen LogP contribution in [0.15, 0.2) is 16.7 Å². The SMILES string of the molecule is CCCO[C@H](C)c1nc(NCc2c(-c3ccc(O[C@H]4CCC[C@H](C(=O)O)C4)c(C)n3)nnn2C)no1. The maximum Gasteiger partial charge on any atom is 0.306 e. The second-order valence-corrected chi connectivity index (χ2v) is 9.05. The van der Waals surface area contributed by atoms with Crippen LogP contribution in [-0.4, -0.2) is 53.9 Å². The Morgan fingerprint density at radius 3 is 2.92 bits per heavy atom. The predicted molar refractivity (Wildman–Crippen MR) is 129 cm³/mol. The summed E-state index contributed by atoms with van der Waals surface area (Å²) in [5.41, 5.74) is 2.80. The van der Waals surface area contributed by atoms with Crippen LogP contribution in [0.4, 0.5) is 5.95 Å². The number of hydrogen-bond acceptors (Lipinski definition) is 10. The maximum atomic E-state index is 11.4. The molecule has 1 fully saturated rings. The molecule has 0 saturated heterocycles. The van der Waals surface area contributed by atoms with Gasteiger partial charge in [0.2, 0.25) is 0 Å². The third-order valence-corrected chi connectivity index (χ3v) is 6.27. The zero-order chi connectivity index (χ0) is 25.7. The van der Waals surface area contributed by atoms with Crippen molar-refractivity contribution in [3.8, 4) is 17.1 Å². The topological polar surface area (TPSA) is 150 Å². The fourth-order valence-corrected chi connectivity index (χ4v) is 4.24. The molecule has 12 nitrogen and oxygen atoms in total. The molecule has 3 heterocycles. The van der Waals surface area contributed by atoms with Crippen LogP contribution in [0, 0.1) is 12.8 Å². The summed E-state index contributed by atoms with van der Waals surface area (Å²) in [7, 11) is 1.81. The van der Waals surface area contributed by atoms with Crippen molar-refractivity contribution in [2.24, 2.45) is 13.0 Å². The van der Waals surface area contributed by atoms with Crippen molar-refractivity contribution in [2.75, 3.05) is 11.9 Å². The van der Waals surface area contributed by atoms with Gasteiger partial charge in [-0.3, -0.25) is 4.79 Å². The zero-order valence-corrected chi connectivity index (χ0v) is 21.1. The molecule has 12 heteroatoms. The Bertz CT molecular complexity index is 1180. The lowest BCUT2D eigenvalue weighted by Gasteiger charge is -2.27. The average Bonchev–Trinajstić information content (AvgIpc) is 3.49. The molecule has 36 heavy (non-hydrogen) atoms. The summed E-state index contributed by atoms with van der Waals surface area (Å²) < 4.78 is 18.7. The van der Waals surface area contributed by atoms with E-state index in [1.165, 1.54) is 0 Å². The molecule has 0 aliphatic heterocycles. The molecule has 0 unspecified atom stereocenters. The second-order valence-electron chi connectivity index (χ2n) is 9.05. The van der Waals surface area contributed by atoms with Crippen molar-refractivity contribution in [1.29, 1.82) is 0 Å². The molecular formula is C24H33N7O5. The van der Waals surface area contributed by atoms with Gasteiger partial charge in [-0.05, 0) is 63.2 Å². The highest BCUT2D eigenvalue weighted by Gasteiger charge is 2.28. The summed E-state index contributed by atoms with van der Waals surface area (Å²) >= 11 is 0. The molecule has 1 aliphatic rings. The van der Waals surface area contributed by atoms with E-state index in [1.54, 1.807) is 4.68 Å². The largest absolute Gasteiger partial charge is 0.489 e. The van der Waals surface area contributed by atoms with Gasteiger partial charge in [-0.1, -0.05) is 12.1 Å². The lowest BCUT2D eigenvalue weighted by atomic mass is 9.87. The van der Waals surface area contributed by atoms with E-state index in [2.05, 4.69) is 25.8 Å². The monoisotopic (exact) mass is 499 g/mol. The first-order chi connectivity index (χ1) is 17.4. The molecule has 0 bridgehead atoms. The minimum Gasteiger partial charge on any atom is -0.489 e. The highest BCUT2D eigenvalue weighted by Crippen LogP contribution is 2.30. The molecule has 0 amide bonds. The number of rotatable bonds is 11. The smallest absolute Gasteiger partial charge is 0.306 e. The number of pyridine rings is 1. The Hall–Kier alpha value is -3.54. The number of carboxylic acid groups (broad SMARTS) is 1. The fourth-order valence-electron chi connectivity index (χ4n) is 4.24. The van der Waals surface area contributed by atoms with E-state index < -0.39 is 5.97 Å². The molecule has 2 N–H and O–H groups in total. The predicted octanol–water partition coefficient (Wildman–Crippen LogP) is 3.69. The Balaban J connectivity index is 1.43. The number of carbonyl (C=O) groups is 1. The zero-order valence-electron chi connectivity index (χ0n) is 21.1. The Kier molecular flexibility index (Phi) is 8.14. The first-order valence-corrected chi connectivity index (χ1v) is 12.3. The van der Waals surface area contributed by atoms with Crippen molar-refractivity contribution in [2.45, 2.75) is 71.6 Å². The van der Waals surface area contributed by atoms with Gasteiger partial charge in [0, 0.05) is 13.7 Å². The number of anilines is 1. The van der Waals surface area contributed by atoms with Gasteiger partial charge in [0.05, 0.1) is 35.6 Å². The number of aliphatic carboxylic acids is 1. The summed E-state index contributed by atoms with van der Waals surface area (Å²) in [5.74, 6) is 0.304. The van der Waals surface area contributed by atoms with Gasteiger partial charge in [-0.25, -0.2) is 9.67 Å². The summed E-state index contributed by atoms with van der Waals surface area (Å²) in [5, 5.41) is 24.9. The van der Waals surface area contributed by atoms with Crippen LogP contribution in [0.1, 0.15) is 69.3 Å². The van der Waals surface area contributed by atoms with Gasteiger partial charge in [-0.2, -0.15) is 4.98 Å². The van der Waals surface area contributed by atoms with E-state index in [9.17, 15) is 9.90 Å². The molecular weight excluding hydrogens is 466 g/mol. The maximum absolute atomic E-state index is 11.4. The Morgan fingerprint density at radius 2 is 2.17 bits per heavy atom. The van der Waals surface area contributed by atoms with Gasteiger partial charge in [0.15, 0.2) is 0 Å². The number of aryl methyl sites for hydroxylation is 2. The number of nitrogens with one attached hydrogen (secondary N) is 1. The van der Waals surface area contributed by atoms with E-state index in [-0.39, 0.29) is 18.1 Å². The minimum atomic E-state index is -0.756. The number of hydrogen-bond donors (Lipinski definition) is 2. The molecule has 1 saturated carbocycles. The van der Waals surface area contributed by atoms with Gasteiger partial charge in [0.25, 0.3) is 11.8 Å². The van der Waals surface area contributed by atoms with Crippen molar-refractivity contribution < 1.29 is 23.9 Å². The molecule has 3 aromatic heterocycles. The Labute approximate surface area is 209 Å². The van der Waals surface area contributed by atoms with Crippen LogP contribution < -0.4 is 10.1 Å². The van der Waals surface area contributed by atoms with Crippen molar-refractivity contribution in [3.05, 3.63) is 29.4 Å². The highest BCUT2D eigenvalue weighted by atomic mass is 16.5. The minimum absolute atomic E-state index is 0.127. The van der Waals surface area contributed by atoms with Gasteiger partial charge in [-0.15, -0.1) is 5.10 Å². The van der Waals surface area contributed by atoms with E-state index in [1.807, 2.05) is 40.0 Å². The summed E-state index contributed by atoms with van der Waals surface area (Å²) in [4.78, 5) is 20.4. The highest BCUT2D eigenvalue weighted by molar-refractivity contribution is 5.70. The van der Waals surface area contributed by atoms with Gasteiger partial charge < -0.3 is 24.4 Å². The van der Waals surface area contributed by atoms with Crippen LogP contribution in [-0.2, 0) is 23.1 Å². The molecule has 1 aliphatic carbocycles. The van der Waals surface area contributed by atoms with Crippen LogP contribution >= 0.6 is 0 Å². The second kappa shape index (κ2) is 11.5. The van der Waals surface area contributed by atoms with Crippen molar-refractivity contribution >= 4 is 11.9 Å². The van der Waals surface area contributed by atoms with E-state index in [4.69, 9.17) is 19.0 Å². The molecule has 3 aromatic rings. The molecule has 4 rings (SSSR count). The summed E-state index contributed by atoms with van der Waals surface area (Å²) in [6, 6.07) is 3.70. The van der Waals surface area contributed by atoms with Crippen LogP contribution in [0.5, 0.6) is 5.75 Å². The van der Waals surface area contributed by atoms with Gasteiger partial charge in [0.1, 0.15) is 17.5 Å². The number of carboxylic acids is 1. The number of aromatic nitrogens is 6. The molecule has 0 aromatic carbocycles. The van der Waals surface area contributed by atoms with E-state index in [0.717, 1.165) is 25.0 Å². The van der Waals surface area contributed by atoms with Crippen molar-refractivity contribution in [3.63, 3.8) is 0 Å². The third kappa shape index (κ3) is 5.99. The van der Waals surface area contributed by atoms with Crippen LogP contribution in [0.2, 0.25) is 0 Å².